The van der Waals surface area contributed by atoms with Gasteiger partial charge in [-0.15, -0.1) is 0 Å². The lowest BCUT2D eigenvalue weighted by atomic mass is 10.2. The molecule has 1 aromatic heterocycles. The first kappa shape index (κ1) is 11.3. The molecule has 0 saturated carbocycles. The number of anilines is 1. The highest BCUT2D eigenvalue weighted by Gasteiger charge is 2.13. The highest BCUT2D eigenvalue weighted by molar-refractivity contribution is 6.33. The van der Waals surface area contributed by atoms with E-state index in [-0.39, 0.29) is 5.91 Å². The molecule has 86 valence electrons. The van der Waals surface area contributed by atoms with Crippen LogP contribution in [0.3, 0.4) is 0 Å². The minimum atomic E-state index is -0.454. The maximum Gasteiger partial charge on any atom is 0.346 e. The number of aromatic amines is 1. The molecule has 0 aliphatic heterocycles. The standard InChI is InChI=1S/C11H11N3O2Si/c15-10(8-4-2-1-3-5-8)14(17)9-6-7-12-11(16)13-9/h1-7H,17H3,(H,12,13,16). The smallest absolute Gasteiger partial charge is 0.330 e. The second-order valence-electron chi connectivity index (χ2n) is 3.48. The SMILES string of the molecule is O=C(c1ccccc1)N([SiH3])c1cc[nH]c(=O)n1. The van der Waals surface area contributed by atoms with Gasteiger partial charge in [-0.1, -0.05) is 18.2 Å². The maximum atomic E-state index is 12.1. The first-order chi connectivity index (χ1) is 8.18. The van der Waals surface area contributed by atoms with Crippen LogP contribution >= 0.6 is 0 Å². The van der Waals surface area contributed by atoms with Gasteiger partial charge in [-0.05, 0) is 18.2 Å². The lowest BCUT2D eigenvalue weighted by molar-refractivity contribution is 0.100. The Morgan fingerprint density at radius 3 is 2.59 bits per heavy atom. The lowest BCUT2D eigenvalue weighted by Crippen LogP contribution is -2.30. The van der Waals surface area contributed by atoms with Crippen LogP contribution in [0, 0.1) is 0 Å². The Balaban J connectivity index is 2.30. The summed E-state index contributed by atoms with van der Waals surface area (Å²) in [7, 11) is 0.462. The van der Waals surface area contributed by atoms with Crippen molar-refractivity contribution in [1.82, 2.24) is 9.97 Å². The van der Waals surface area contributed by atoms with Crippen molar-refractivity contribution in [3.63, 3.8) is 0 Å². The van der Waals surface area contributed by atoms with Crippen LogP contribution in [-0.2, 0) is 0 Å². The van der Waals surface area contributed by atoms with Crippen LogP contribution < -0.4 is 10.3 Å². The van der Waals surface area contributed by atoms with Gasteiger partial charge in [-0.2, -0.15) is 4.98 Å². The molecular formula is C11H11N3O2Si. The second-order valence-corrected chi connectivity index (χ2v) is 4.38. The summed E-state index contributed by atoms with van der Waals surface area (Å²) in [5.74, 6) is 0.240. The molecule has 0 spiro atoms. The van der Waals surface area contributed by atoms with Crippen LogP contribution in [-0.4, -0.2) is 26.3 Å². The molecule has 0 aliphatic carbocycles. The molecule has 0 radical (unpaired) electrons. The van der Waals surface area contributed by atoms with Gasteiger partial charge in [0, 0.05) is 11.8 Å². The van der Waals surface area contributed by atoms with Crippen molar-refractivity contribution in [2.75, 3.05) is 4.57 Å². The molecule has 5 nitrogen and oxygen atoms in total. The van der Waals surface area contributed by atoms with Crippen LogP contribution in [0.5, 0.6) is 0 Å². The summed E-state index contributed by atoms with van der Waals surface area (Å²) in [6.45, 7) is 0. The van der Waals surface area contributed by atoms with E-state index in [1.165, 1.54) is 10.8 Å². The molecule has 0 bridgehead atoms. The van der Waals surface area contributed by atoms with Gasteiger partial charge >= 0.3 is 5.69 Å². The van der Waals surface area contributed by atoms with E-state index >= 15 is 0 Å². The van der Waals surface area contributed by atoms with Gasteiger partial charge < -0.3 is 9.55 Å². The fourth-order valence-corrected chi connectivity index (χ4v) is 1.93. The van der Waals surface area contributed by atoms with E-state index in [1.54, 1.807) is 30.3 Å². The molecule has 0 atom stereocenters. The van der Waals surface area contributed by atoms with Gasteiger partial charge in [-0.25, -0.2) is 4.79 Å². The van der Waals surface area contributed by atoms with Crippen LogP contribution in [0.2, 0.25) is 0 Å². The minimum absolute atomic E-state index is 0.143. The lowest BCUT2D eigenvalue weighted by Gasteiger charge is -2.16. The summed E-state index contributed by atoms with van der Waals surface area (Å²) in [4.78, 5) is 29.3. The quantitative estimate of drug-likeness (QED) is 0.739. The molecule has 1 amide bonds. The maximum absolute atomic E-state index is 12.1. The van der Waals surface area contributed by atoms with Crippen molar-refractivity contribution in [2.24, 2.45) is 0 Å². The van der Waals surface area contributed by atoms with Gasteiger partial charge in [0.1, 0.15) is 16.2 Å². The van der Waals surface area contributed by atoms with Crippen molar-refractivity contribution < 1.29 is 4.79 Å². The minimum Gasteiger partial charge on any atom is -0.330 e. The van der Waals surface area contributed by atoms with Crippen LogP contribution in [0.1, 0.15) is 10.4 Å². The number of H-pyrrole nitrogens is 1. The van der Waals surface area contributed by atoms with Crippen molar-refractivity contribution in [1.29, 1.82) is 0 Å². The van der Waals surface area contributed by atoms with E-state index in [9.17, 15) is 9.59 Å². The summed E-state index contributed by atoms with van der Waals surface area (Å²) in [6.07, 6.45) is 1.48. The molecule has 1 N–H and O–H groups in total. The fourth-order valence-electron chi connectivity index (χ4n) is 1.43. The number of benzene rings is 1. The van der Waals surface area contributed by atoms with Gasteiger partial charge in [-0.3, -0.25) is 4.79 Å². The molecule has 17 heavy (non-hydrogen) atoms. The van der Waals surface area contributed by atoms with E-state index in [2.05, 4.69) is 9.97 Å². The number of amides is 1. The number of hydrogen-bond acceptors (Lipinski definition) is 3. The third-order valence-corrected chi connectivity index (χ3v) is 3.19. The first-order valence-corrected chi connectivity index (χ1v) is 5.97. The summed E-state index contributed by atoms with van der Waals surface area (Å²) in [5, 5.41) is 0. The third-order valence-electron chi connectivity index (χ3n) is 2.32. The summed E-state index contributed by atoms with van der Waals surface area (Å²) >= 11 is 0. The highest BCUT2D eigenvalue weighted by Crippen LogP contribution is 2.09. The molecule has 1 aromatic carbocycles. The largest absolute Gasteiger partial charge is 0.346 e. The molecule has 2 aromatic rings. The van der Waals surface area contributed by atoms with Crippen molar-refractivity contribution in [3.05, 3.63) is 58.6 Å². The third kappa shape index (κ3) is 2.48. The second kappa shape index (κ2) is 4.75. The molecule has 0 unspecified atom stereocenters. The molecular weight excluding hydrogens is 234 g/mol. The van der Waals surface area contributed by atoms with Gasteiger partial charge in [0.25, 0.3) is 5.91 Å². The number of aromatic nitrogens is 2. The summed E-state index contributed by atoms with van der Waals surface area (Å²) < 4.78 is 1.48. The van der Waals surface area contributed by atoms with Crippen LogP contribution in [0.4, 0.5) is 5.82 Å². The van der Waals surface area contributed by atoms with Gasteiger partial charge in [0.2, 0.25) is 0 Å². The number of hydrogen-bond donors (Lipinski definition) is 1. The summed E-state index contributed by atoms with van der Waals surface area (Å²) in [6, 6.07) is 10.5. The number of nitrogens with zero attached hydrogens (tertiary/aromatic N) is 2. The Morgan fingerprint density at radius 2 is 1.94 bits per heavy atom. The topological polar surface area (TPSA) is 66.1 Å². The summed E-state index contributed by atoms with van der Waals surface area (Å²) in [5.41, 5.74) is 0.133. The average Bonchev–Trinajstić information content (AvgIpc) is 2.38. The van der Waals surface area contributed by atoms with E-state index in [1.807, 2.05) is 6.07 Å². The van der Waals surface area contributed by atoms with Crippen molar-refractivity contribution >= 4 is 22.1 Å². The molecule has 6 heteroatoms. The van der Waals surface area contributed by atoms with Crippen molar-refractivity contribution in [3.8, 4) is 0 Å². The molecule has 1 heterocycles. The van der Waals surface area contributed by atoms with E-state index in [0.717, 1.165) is 0 Å². The zero-order valence-corrected chi connectivity index (χ0v) is 11.3. The zero-order chi connectivity index (χ0) is 12.3. The number of nitrogens with one attached hydrogen (secondary N) is 1. The van der Waals surface area contributed by atoms with E-state index in [0.29, 0.717) is 21.8 Å². The Hall–Kier alpha value is -2.21. The van der Waals surface area contributed by atoms with Crippen molar-refractivity contribution in [2.45, 2.75) is 0 Å². The Bertz CT molecular complexity index is 583. The Labute approximate surface area is 101 Å². The van der Waals surface area contributed by atoms with Gasteiger partial charge in [0.05, 0.1) is 0 Å². The number of carbonyl (C=O) groups excluding carboxylic acids is 1. The molecule has 0 fully saturated rings. The first-order valence-electron chi connectivity index (χ1n) is 5.07. The molecule has 0 aliphatic rings. The average molecular weight is 245 g/mol. The molecule has 2 rings (SSSR count). The highest BCUT2D eigenvalue weighted by atomic mass is 28.2. The zero-order valence-electron chi connectivity index (χ0n) is 9.25. The number of carbonyl (C=O) groups is 1. The van der Waals surface area contributed by atoms with Crippen LogP contribution in [0.15, 0.2) is 47.4 Å². The number of rotatable bonds is 2. The Morgan fingerprint density at radius 1 is 1.24 bits per heavy atom. The Kier molecular flexibility index (Phi) is 3.15. The van der Waals surface area contributed by atoms with E-state index < -0.39 is 5.69 Å². The van der Waals surface area contributed by atoms with Gasteiger partial charge in [0.15, 0.2) is 0 Å². The fraction of sp³-hybridized carbons (Fsp3) is 0. The van der Waals surface area contributed by atoms with Crippen LogP contribution in [0.25, 0.3) is 0 Å². The predicted octanol–water partition coefficient (Wildman–Crippen LogP) is -0.303. The predicted molar refractivity (Wildman–Crippen MR) is 68.0 cm³/mol. The molecule has 0 saturated heterocycles. The van der Waals surface area contributed by atoms with E-state index in [4.69, 9.17) is 0 Å². The monoisotopic (exact) mass is 245 g/mol. The normalized spacial score (nSPS) is 10.1.